The van der Waals surface area contributed by atoms with Gasteiger partial charge in [-0.1, -0.05) is 30.3 Å². The highest BCUT2D eigenvalue weighted by Gasteiger charge is 2.19. The second kappa shape index (κ2) is 7.01. The molecule has 4 nitrogen and oxygen atoms in total. The van der Waals surface area contributed by atoms with Crippen LogP contribution in [0, 0.1) is 0 Å². The van der Waals surface area contributed by atoms with E-state index in [0.717, 1.165) is 27.2 Å². The minimum Gasteiger partial charge on any atom is -0.497 e. The molecule has 0 unspecified atom stereocenters. The first kappa shape index (κ1) is 16.5. The summed E-state index contributed by atoms with van der Waals surface area (Å²) >= 11 is 1.58. The van der Waals surface area contributed by atoms with Crippen LogP contribution >= 0.6 is 11.8 Å². The summed E-state index contributed by atoms with van der Waals surface area (Å²) in [5.74, 6) is -0.0921. The van der Waals surface area contributed by atoms with Crippen LogP contribution in [0.25, 0.3) is 10.9 Å². The summed E-state index contributed by atoms with van der Waals surface area (Å²) in [4.78, 5) is 11.4. The van der Waals surface area contributed by atoms with Crippen LogP contribution in [0.3, 0.4) is 0 Å². The number of carbonyl (C=O) groups is 1. The number of carboxylic acids is 1. The van der Waals surface area contributed by atoms with E-state index in [1.807, 2.05) is 42.7 Å². The molecule has 0 fully saturated rings. The monoisotopic (exact) mass is 341 g/mol. The van der Waals surface area contributed by atoms with E-state index in [2.05, 4.69) is 16.7 Å². The molecule has 1 aromatic heterocycles. The molecule has 0 bridgehead atoms. The van der Waals surface area contributed by atoms with Gasteiger partial charge in [-0.3, -0.25) is 4.79 Å². The Balaban J connectivity index is 2.21. The molecular formula is C19H19NO3S. The molecule has 3 rings (SSSR count). The summed E-state index contributed by atoms with van der Waals surface area (Å²) in [6.45, 7) is 0.708. The fourth-order valence-electron chi connectivity index (χ4n) is 2.99. The van der Waals surface area contributed by atoms with Gasteiger partial charge in [0.05, 0.1) is 18.6 Å². The second-order valence-corrected chi connectivity index (χ2v) is 6.31. The summed E-state index contributed by atoms with van der Waals surface area (Å²) in [6, 6.07) is 16.0. The van der Waals surface area contributed by atoms with Crippen LogP contribution in [0.1, 0.15) is 11.1 Å². The lowest BCUT2D eigenvalue weighted by molar-refractivity contribution is -0.136. The molecule has 0 aliphatic rings. The molecule has 24 heavy (non-hydrogen) atoms. The van der Waals surface area contributed by atoms with Gasteiger partial charge in [-0.15, -0.1) is 11.8 Å². The number of aromatic nitrogens is 1. The molecule has 1 heterocycles. The van der Waals surface area contributed by atoms with E-state index >= 15 is 0 Å². The number of rotatable bonds is 6. The highest BCUT2D eigenvalue weighted by Crippen LogP contribution is 2.35. The van der Waals surface area contributed by atoms with E-state index < -0.39 is 5.97 Å². The van der Waals surface area contributed by atoms with Crippen LogP contribution in [-0.4, -0.2) is 29.0 Å². The van der Waals surface area contributed by atoms with E-state index in [0.29, 0.717) is 6.54 Å². The van der Waals surface area contributed by atoms with Crippen LogP contribution in [0.2, 0.25) is 0 Å². The van der Waals surface area contributed by atoms with E-state index in [1.54, 1.807) is 18.9 Å². The first-order chi connectivity index (χ1) is 11.6. The van der Waals surface area contributed by atoms with Crippen molar-refractivity contribution in [2.24, 2.45) is 0 Å². The number of hydrogen-bond acceptors (Lipinski definition) is 3. The summed E-state index contributed by atoms with van der Waals surface area (Å²) in [5, 5.41) is 11.3. The van der Waals surface area contributed by atoms with Crippen molar-refractivity contribution in [3.05, 3.63) is 59.7 Å². The van der Waals surface area contributed by atoms with Gasteiger partial charge in [-0.2, -0.15) is 0 Å². The SMILES string of the molecule is COc1ccc2c(c1)c(CC(=O)O)c(SC)n2Cc1ccccc1. The normalized spacial score (nSPS) is 10.9. The van der Waals surface area contributed by atoms with Gasteiger partial charge in [-0.05, 0) is 30.0 Å². The maximum Gasteiger partial charge on any atom is 0.307 e. The van der Waals surface area contributed by atoms with Crippen LogP contribution < -0.4 is 4.74 Å². The predicted molar refractivity (Wildman–Crippen MR) is 97.2 cm³/mol. The van der Waals surface area contributed by atoms with Crippen LogP contribution in [0.5, 0.6) is 5.75 Å². The van der Waals surface area contributed by atoms with Gasteiger partial charge in [0.15, 0.2) is 0 Å². The van der Waals surface area contributed by atoms with E-state index in [9.17, 15) is 9.90 Å². The molecule has 0 saturated carbocycles. The molecule has 0 saturated heterocycles. The van der Waals surface area contributed by atoms with Crippen molar-refractivity contribution in [3.8, 4) is 5.75 Å². The van der Waals surface area contributed by atoms with Crippen LogP contribution in [0.4, 0.5) is 0 Å². The Labute approximate surface area is 145 Å². The number of nitrogens with zero attached hydrogens (tertiary/aromatic N) is 1. The lowest BCUT2D eigenvalue weighted by Crippen LogP contribution is -2.04. The van der Waals surface area contributed by atoms with E-state index in [-0.39, 0.29) is 6.42 Å². The summed E-state index contributed by atoms with van der Waals surface area (Å²) in [7, 11) is 1.62. The number of thioether (sulfide) groups is 1. The molecule has 0 radical (unpaired) electrons. The third-order valence-corrected chi connectivity index (χ3v) is 4.88. The quantitative estimate of drug-likeness (QED) is 0.687. The smallest absolute Gasteiger partial charge is 0.307 e. The highest BCUT2D eigenvalue weighted by atomic mass is 32.2. The van der Waals surface area contributed by atoms with E-state index in [4.69, 9.17) is 4.74 Å². The Morgan fingerprint density at radius 1 is 1.21 bits per heavy atom. The zero-order valence-electron chi connectivity index (χ0n) is 13.7. The number of benzene rings is 2. The van der Waals surface area contributed by atoms with Crippen molar-refractivity contribution in [3.63, 3.8) is 0 Å². The molecule has 124 valence electrons. The van der Waals surface area contributed by atoms with Gasteiger partial charge in [0.25, 0.3) is 0 Å². The molecule has 0 aliphatic carbocycles. The molecule has 0 amide bonds. The lowest BCUT2D eigenvalue weighted by atomic mass is 10.1. The Morgan fingerprint density at radius 2 is 1.96 bits per heavy atom. The third kappa shape index (κ3) is 3.12. The van der Waals surface area contributed by atoms with Crippen LogP contribution in [-0.2, 0) is 17.8 Å². The van der Waals surface area contributed by atoms with E-state index in [1.165, 1.54) is 5.56 Å². The van der Waals surface area contributed by atoms with Gasteiger partial charge >= 0.3 is 5.97 Å². The highest BCUT2D eigenvalue weighted by molar-refractivity contribution is 7.98. The minimum atomic E-state index is -0.827. The number of ether oxygens (including phenoxy) is 1. The number of fused-ring (bicyclic) bond motifs is 1. The zero-order chi connectivity index (χ0) is 17.1. The third-order valence-electron chi connectivity index (χ3n) is 4.03. The number of hydrogen-bond donors (Lipinski definition) is 1. The number of methoxy groups -OCH3 is 1. The Bertz CT molecular complexity index is 871. The van der Waals surface area contributed by atoms with Crippen molar-refractivity contribution in [2.75, 3.05) is 13.4 Å². The van der Waals surface area contributed by atoms with Crippen molar-refractivity contribution in [2.45, 2.75) is 18.0 Å². The standard InChI is InChI=1S/C19H19NO3S/c1-23-14-8-9-17-15(10-14)16(11-18(21)22)19(24-2)20(17)12-13-6-4-3-5-7-13/h3-10H,11-12H2,1-2H3,(H,21,22). The fourth-order valence-corrected chi connectivity index (χ4v) is 3.80. The molecular weight excluding hydrogens is 322 g/mol. The summed E-state index contributed by atoms with van der Waals surface area (Å²) in [5.41, 5.74) is 3.06. The van der Waals surface area contributed by atoms with Gasteiger partial charge in [0.2, 0.25) is 0 Å². The van der Waals surface area contributed by atoms with Gasteiger partial charge < -0.3 is 14.4 Å². The van der Waals surface area contributed by atoms with Gasteiger partial charge in [0.1, 0.15) is 5.75 Å². The summed E-state index contributed by atoms with van der Waals surface area (Å²) < 4.78 is 7.51. The predicted octanol–water partition coefficient (Wildman–Crippen LogP) is 4.05. The van der Waals surface area contributed by atoms with Gasteiger partial charge in [0, 0.05) is 23.0 Å². The largest absolute Gasteiger partial charge is 0.497 e. The topological polar surface area (TPSA) is 51.5 Å². The second-order valence-electron chi connectivity index (χ2n) is 5.51. The lowest BCUT2D eigenvalue weighted by Gasteiger charge is -2.10. The average Bonchev–Trinajstić information content (AvgIpc) is 2.87. The molecule has 2 aromatic carbocycles. The molecule has 5 heteroatoms. The van der Waals surface area contributed by atoms with Crippen molar-refractivity contribution < 1.29 is 14.6 Å². The Morgan fingerprint density at radius 3 is 2.58 bits per heavy atom. The van der Waals surface area contributed by atoms with Crippen LogP contribution in [0.15, 0.2) is 53.6 Å². The molecule has 1 N–H and O–H groups in total. The van der Waals surface area contributed by atoms with Crippen molar-refractivity contribution in [1.29, 1.82) is 0 Å². The molecule has 0 aliphatic heterocycles. The first-order valence-electron chi connectivity index (χ1n) is 7.63. The molecule has 3 aromatic rings. The summed E-state index contributed by atoms with van der Waals surface area (Å²) in [6.07, 6.45) is 1.99. The minimum absolute atomic E-state index is 0.00162. The Hall–Kier alpha value is -2.40. The Kier molecular flexibility index (Phi) is 4.81. The number of aliphatic carboxylic acids is 1. The fraction of sp³-hybridized carbons (Fsp3) is 0.211. The average molecular weight is 341 g/mol. The first-order valence-corrected chi connectivity index (χ1v) is 8.85. The zero-order valence-corrected chi connectivity index (χ0v) is 14.5. The molecule has 0 spiro atoms. The maximum absolute atomic E-state index is 11.4. The number of carboxylic acid groups (broad SMARTS) is 1. The maximum atomic E-state index is 11.4. The van der Waals surface area contributed by atoms with Gasteiger partial charge in [-0.25, -0.2) is 0 Å². The van der Waals surface area contributed by atoms with Crippen molar-refractivity contribution >= 4 is 28.6 Å². The molecule has 0 atom stereocenters. The van der Waals surface area contributed by atoms with Crippen molar-refractivity contribution in [1.82, 2.24) is 4.57 Å².